The van der Waals surface area contributed by atoms with Gasteiger partial charge in [-0.1, -0.05) is 63.2 Å². The van der Waals surface area contributed by atoms with Crippen LogP contribution >= 0.6 is 0 Å². The molecule has 0 N–H and O–H groups in total. The van der Waals surface area contributed by atoms with Crippen molar-refractivity contribution < 1.29 is 14.3 Å². The second-order valence-corrected chi connectivity index (χ2v) is 11.0. The summed E-state index contributed by atoms with van der Waals surface area (Å²) in [6, 6.07) is 23.2. The van der Waals surface area contributed by atoms with E-state index in [-0.39, 0.29) is 29.2 Å². The van der Waals surface area contributed by atoms with Crippen molar-refractivity contribution in [3.63, 3.8) is 0 Å². The SMILES string of the molecule is COc1ccc([C@H]2C(C(=O)N(C)c3cccc(C(C)(C)C)c3)CCCN2C(=O)c2ccccc2C)cc1. The minimum absolute atomic E-state index is 0.0207. The number of anilines is 1. The van der Waals surface area contributed by atoms with Crippen molar-refractivity contribution >= 4 is 17.5 Å². The van der Waals surface area contributed by atoms with Crippen molar-refractivity contribution in [2.24, 2.45) is 5.92 Å². The summed E-state index contributed by atoms with van der Waals surface area (Å²) in [4.78, 5) is 31.6. The Bertz CT molecular complexity index is 1260. The summed E-state index contributed by atoms with van der Waals surface area (Å²) in [5.74, 6) is 0.372. The lowest BCUT2D eigenvalue weighted by Crippen LogP contribution is -2.48. The Balaban J connectivity index is 1.73. The third-order valence-electron chi connectivity index (χ3n) is 7.47. The lowest BCUT2D eigenvalue weighted by Gasteiger charge is -2.42. The molecule has 1 saturated heterocycles. The number of carbonyl (C=O) groups is 2. The summed E-state index contributed by atoms with van der Waals surface area (Å²) in [5, 5.41) is 0. The van der Waals surface area contributed by atoms with Crippen LogP contribution in [-0.4, -0.2) is 37.4 Å². The smallest absolute Gasteiger partial charge is 0.254 e. The fourth-order valence-electron chi connectivity index (χ4n) is 5.22. The zero-order valence-electron chi connectivity index (χ0n) is 22.8. The second kappa shape index (κ2) is 10.8. The molecular weight excluding hydrogens is 460 g/mol. The zero-order valence-corrected chi connectivity index (χ0v) is 22.8. The van der Waals surface area contributed by atoms with Gasteiger partial charge in [0.2, 0.25) is 5.91 Å². The van der Waals surface area contributed by atoms with Crippen LogP contribution in [0.2, 0.25) is 0 Å². The molecule has 0 aliphatic carbocycles. The first-order valence-corrected chi connectivity index (χ1v) is 13.0. The molecule has 0 radical (unpaired) electrons. The minimum Gasteiger partial charge on any atom is -0.497 e. The summed E-state index contributed by atoms with van der Waals surface area (Å²) >= 11 is 0. The quantitative estimate of drug-likeness (QED) is 0.400. The van der Waals surface area contributed by atoms with Gasteiger partial charge in [0, 0.05) is 24.8 Å². The maximum absolute atomic E-state index is 14.1. The third kappa shape index (κ3) is 5.56. The van der Waals surface area contributed by atoms with Gasteiger partial charge in [-0.05, 0) is 72.2 Å². The van der Waals surface area contributed by atoms with Crippen molar-refractivity contribution in [3.05, 3.63) is 95.1 Å². The van der Waals surface area contributed by atoms with E-state index >= 15 is 0 Å². The van der Waals surface area contributed by atoms with Gasteiger partial charge in [0.05, 0.1) is 19.1 Å². The maximum atomic E-state index is 14.1. The second-order valence-electron chi connectivity index (χ2n) is 11.0. The number of likely N-dealkylation sites (tertiary alicyclic amines) is 1. The van der Waals surface area contributed by atoms with Crippen molar-refractivity contribution in [2.45, 2.75) is 52.0 Å². The van der Waals surface area contributed by atoms with E-state index in [2.05, 4.69) is 32.9 Å². The first kappa shape index (κ1) is 26.5. The van der Waals surface area contributed by atoms with Gasteiger partial charge in [-0.15, -0.1) is 0 Å². The van der Waals surface area contributed by atoms with E-state index in [0.717, 1.165) is 35.4 Å². The van der Waals surface area contributed by atoms with Crippen LogP contribution in [0.3, 0.4) is 0 Å². The van der Waals surface area contributed by atoms with Crippen LogP contribution < -0.4 is 9.64 Å². The number of methoxy groups -OCH3 is 1. The van der Waals surface area contributed by atoms with E-state index in [0.29, 0.717) is 12.1 Å². The number of rotatable bonds is 5. The monoisotopic (exact) mass is 498 g/mol. The van der Waals surface area contributed by atoms with Gasteiger partial charge in [0.15, 0.2) is 0 Å². The predicted octanol–water partition coefficient (Wildman–Crippen LogP) is 6.56. The lowest BCUT2D eigenvalue weighted by molar-refractivity contribution is -0.125. The number of hydrogen-bond donors (Lipinski definition) is 0. The number of ether oxygens (including phenoxy) is 1. The minimum atomic E-state index is -0.368. The first-order valence-electron chi connectivity index (χ1n) is 13.0. The molecule has 0 saturated carbocycles. The molecule has 5 nitrogen and oxygen atoms in total. The van der Waals surface area contributed by atoms with E-state index in [1.165, 1.54) is 5.56 Å². The number of benzene rings is 3. The number of amides is 2. The molecule has 1 fully saturated rings. The van der Waals surface area contributed by atoms with Gasteiger partial charge in [0.1, 0.15) is 5.75 Å². The highest BCUT2D eigenvalue weighted by atomic mass is 16.5. The number of aryl methyl sites for hydroxylation is 1. The Morgan fingerprint density at radius 3 is 2.32 bits per heavy atom. The van der Waals surface area contributed by atoms with Crippen LogP contribution in [0.5, 0.6) is 5.75 Å². The van der Waals surface area contributed by atoms with Crippen LogP contribution in [0.25, 0.3) is 0 Å². The van der Waals surface area contributed by atoms with Crippen LogP contribution in [0.1, 0.15) is 66.7 Å². The molecule has 5 heteroatoms. The highest BCUT2D eigenvalue weighted by molar-refractivity contribution is 5.98. The molecule has 2 atom stereocenters. The van der Waals surface area contributed by atoms with Crippen LogP contribution in [0.4, 0.5) is 5.69 Å². The highest BCUT2D eigenvalue weighted by Crippen LogP contribution is 2.39. The average molecular weight is 499 g/mol. The molecule has 3 aromatic rings. The molecule has 0 spiro atoms. The van der Waals surface area contributed by atoms with Crippen molar-refractivity contribution in [2.75, 3.05) is 25.6 Å². The average Bonchev–Trinajstić information content (AvgIpc) is 2.91. The van der Waals surface area contributed by atoms with E-state index in [4.69, 9.17) is 4.74 Å². The molecule has 1 unspecified atom stereocenters. The Hall–Kier alpha value is -3.60. The molecule has 194 valence electrons. The summed E-state index contributed by atoms with van der Waals surface area (Å²) in [7, 11) is 3.48. The third-order valence-corrected chi connectivity index (χ3v) is 7.47. The number of hydrogen-bond acceptors (Lipinski definition) is 3. The van der Waals surface area contributed by atoms with E-state index < -0.39 is 0 Å². The number of piperidine rings is 1. The molecule has 3 aromatic carbocycles. The van der Waals surface area contributed by atoms with Gasteiger partial charge < -0.3 is 14.5 Å². The zero-order chi connectivity index (χ0) is 26.7. The van der Waals surface area contributed by atoms with Crippen molar-refractivity contribution in [3.8, 4) is 5.75 Å². The van der Waals surface area contributed by atoms with Gasteiger partial charge in [-0.25, -0.2) is 0 Å². The standard InChI is InChI=1S/C32H38N2O3/c1-22-11-7-8-14-27(22)31(36)34-20-10-15-28(29(34)23-16-18-26(37-6)19-17-23)30(35)33(5)25-13-9-12-24(21-25)32(2,3)4/h7-9,11-14,16-19,21,28-29H,10,15,20H2,1-6H3/t28?,29-/m0/s1. The van der Waals surface area contributed by atoms with Gasteiger partial charge >= 0.3 is 0 Å². The predicted molar refractivity (Wildman–Crippen MR) is 149 cm³/mol. The Morgan fingerprint density at radius 1 is 0.973 bits per heavy atom. The molecule has 4 rings (SSSR count). The van der Waals surface area contributed by atoms with E-state index in [1.807, 2.05) is 79.5 Å². The van der Waals surface area contributed by atoms with Crippen LogP contribution in [-0.2, 0) is 10.2 Å². The summed E-state index contributed by atoms with van der Waals surface area (Å²) in [6.45, 7) is 9.08. The molecule has 0 bridgehead atoms. The summed E-state index contributed by atoms with van der Waals surface area (Å²) in [6.07, 6.45) is 1.49. The Morgan fingerprint density at radius 2 is 1.68 bits per heavy atom. The molecule has 1 aliphatic rings. The molecule has 1 aliphatic heterocycles. The molecule has 37 heavy (non-hydrogen) atoms. The Kier molecular flexibility index (Phi) is 7.72. The number of carbonyl (C=O) groups excluding carboxylic acids is 2. The summed E-state index contributed by atoms with van der Waals surface area (Å²) < 4.78 is 5.37. The fourth-order valence-corrected chi connectivity index (χ4v) is 5.22. The molecule has 0 aromatic heterocycles. The topological polar surface area (TPSA) is 49.9 Å². The van der Waals surface area contributed by atoms with Gasteiger partial charge in [-0.2, -0.15) is 0 Å². The molecule has 2 amide bonds. The van der Waals surface area contributed by atoms with Crippen molar-refractivity contribution in [1.29, 1.82) is 0 Å². The Labute approximate surface area is 221 Å². The largest absolute Gasteiger partial charge is 0.497 e. The van der Waals surface area contributed by atoms with Crippen LogP contribution in [0, 0.1) is 12.8 Å². The van der Waals surface area contributed by atoms with Gasteiger partial charge in [0.25, 0.3) is 5.91 Å². The number of nitrogens with zero attached hydrogens (tertiary/aromatic N) is 2. The van der Waals surface area contributed by atoms with E-state index in [9.17, 15) is 9.59 Å². The normalized spacial score (nSPS) is 17.8. The van der Waals surface area contributed by atoms with Gasteiger partial charge in [-0.3, -0.25) is 9.59 Å². The fraction of sp³-hybridized carbons (Fsp3) is 0.375. The lowest BCUT2D eigenvalue weighted by atomic mass is 9.82. The first-order chi connectivity index (χ1) is 17.6. The van der Waals surface area contributed by atoms with Crippen molar-refractivity contribution in [1.82, 2.24) is 4.90 Å². The summed E-state index contributed by atoms with van der Waals surface area (Å²) in [5.41, 5.74) is 4.58. The maximum Gasteiger partial charge on any atom is 0.254 e. The highest BCUT2D eigenvalue weighted by Gasteiger charge is 2.41. The van der Waals surface area contributed by atoms with E-state index in [1.54, 1.807) is 12.0 Å². The van der Waals surface area contributed by atoms with Crippen LogP contribution in [0.15, 0.2) is 72.8 Å². The molecular formula is C32H38N2O3. The molecule has 1 heterocycles.